The van der Waals surface area contributed by atoms with E-state index >= 15 is 0 Å². The van der Waals surface area contributed by atoms with Crippen molar-refractivity contribution in [3.8, 4) is 0 Å². The molecule has 2 atom stereocenters. The van der Waals surface area contributed by atoms with Crippen LogP contribution in [0.15, 0.2) is 0 Å². The molecule has 0 saturated carbocycles. The van der Waals surface area contributed by atoms with Gasteiger partial charge in [-0.05, 0) is 0 Å². The first-order valence-corrected chi connectivity index (χ1v) is 2.32. The summed E-state index contributed by atoms with van der Waals surface area (Å²) in [5.74, 6) is -0.516. The molecule has 5 heteroatoms. The molecule has 1 aliphatic rings. The van der Waals surface area contributed by atoms with Gasteiger partial charge < -0.3 is 15.6 Å². The highest BCUT2D eigenvalue weighted by molar-refractivity contribution is 5.85. The number of ether oxygens (including phenoxy) is 1. The fourth-order valence-electron chi connectivity index (χ4n) is 0.524. The summed E-state index contributed by atoms with van der Waals surface area (Å²) in [5, 5.41) is 8.70. The van der Waals surface area contributed by atoms with Gasteiger partial charge in [0.05, 0.1) is 0 Å². The monoisotopic (exact) mass is 153 g/mol. The SMILES string of the molecule is Cl.NC1C(=O)OCC1O. The number of rotatable bonds is 0. The predicted molar refractivity (Wildman–Crippen MR) is 32.2 cm³/mol. The molecular weight excluding hydrogens is 146 g/mol. The van der Waals surface area contributed by atoms with Gasteiger partial charge in [0, 0.05) is 0 Å². The molecule has 0 spiro atoms. The van der Waals surface area contributed by atoms with Crippen molar-refractivity contribution in [1.29, 1.82) is 0 Å². The van der Waals surface area contributed by atoms with Crippen LogP contribution in [-0.2, 0) is 9.53 Å². The van der Waals surface area contributed by atoms with Crippen molar-refractivity contribution in [2.45, 2.75) is 12.1 Å². The van der Waals surface area contributed by atoms with Crippen molar-refractivity contribution in [2.75, 3.05) is 6.61 Å². The zero-order chi connectivity index (χ0) is 6.15. The molecule has 0 aromatic carbocycles. The topological polar surface area (TPSA) is 72.6 Å². The minimum Gasteiger partial charge on any atom is -0.462 e. The Bertz CT molecular complexity index is 118. The Kier molecular flexibility index (Phi) is 2.90. The molecule has 1 heterocycles. The van der Waals surface area contributed by atoms with E-state index in [1.807, 2.05) is 0 Å². The van der Waals surface area contributed by atoms with Gasteiger partial charge in [-0.3, -0.25) is 4.79 Å². The van der Waals surface area contributed by atoms with Crippen molar-refractivity contribution in [2.24, 2.45) is 5.73 Å². The summed E-state index contributed by atoms with van der Waals surface area (Å²) in [7, 11) is 0. The second-order valence-corrected chi connectivity index (χ2v) is 1.72. The van der Waals surface area contributed by atoms with Crippen LogP contribution in [0.25, 0.3) is 0 Å². The molecule has 3 N–H and O–H groups in total. The number of cyclic esters (lactones) is 1. The summed E-state index contributed by atoms with van der Waals surface area (Å²) in [5.41, 5.74) is 5.10. The number of aliphatic hydroxyl groups excluding tert-OH is 1. The van der Waals surface area contributed by atoms with Gasteiger partial charge >= 0.3 is 5.97 Å². The number of carbonyl (C=O) groups excluding carboxylic acids is 1. The number of carbonyl (C=O) groups is 1. The highest BCUT2D eigenvalue weighted by Crippen LogP contribution is 2.02. The predicted octanol–water partition coefficient (Wildman–Crippen LogP) is -1.35. The van der Waals surface area contributed by atoms with Crippen LogP contribution >= 0.6 is 12.4 Å². The number of hydrogen-bond acceptors (Lipinski definition) is 4. The first-order chi connectivity index (χ1) is 3.72. The molecule has 1 rings (SSSR count). The Morgan fingerprint density at radius 2 is 2.33 bits per heavy atom. The first-order valence-electron chi connectivity index (χ1n) is 2.32. The molecule has 0 aliphatic carbocycles. The molecule has 4 nitrogen and oxygen atoms in total. The van der Waals surface area contributed by atoms with Crippen molar-refractivity contribution in [1.82, 2.24) is 0 Å². The molecule has 0 aromatic rings. The van der Waals surface area contributed by atoms with E-state index < -0.39 is 18.1 Å². The lowest BCUT2D eigenvalue weighted by Crippen LogP contribution is -2.35. The Balaban J connectivity index is 0.000000640. The van der Waals surface area contributed by atoms with Crippen LogP contribution in [0.5, 0.6) is 0 Å². The van der Waals surface area contributed by atoms with Gasteiger partial charge in [0.15, 0.2) is 0 Å². The lowest BCUT2D eigenvalue weighted by Gasteiger charge is -1.98. The summed E-state index contributed by atoms with van der Waals surface area (Å²) >= 11 is 0. The van der Waals surface area contributed by atoms with Crippen molar-refractivity contribution >= 4 is 18.4 Å². The molecule has 2 unspecified atom stereocenters. The summed E-state index contributed by atoms with van der Waals surface area (Å²) in [6, 6.07) is -0.824. The van der Waals surface area contributed by atoms with E-state index in [2.05, 4.69) is 4.74 Å². The third kappa shape index (κ3) is 1.54. The maximum absolute atomic E-state index is 10.3. The summed E-state index contributed by atoms with van der Waals surface area (Å²) in [6.07, 6.45) is -0.803. The van der Waals surface area contributed by atoms with Crippen LogP contribution in [0.4, 0.5) is 0 Å². The molecule has 0 amide bonds. The second kappa shape index (κ2) is 3.00. The third-order valence-electron chi connectivity index (χ3n) is 1.08. The van der Waals surface area contributed by atoms with E-state index in [0.29, 0.717) is 0 Å². The fraction of sp³-hybridized carbons (Fsp3) is 0.750. The van der Waals surface area contributed by atoms with E-state index in [1.54, 1.807) is 0 Å². The summed E-state index contributed by atoms with van der Waals surface area (Å²) in [6.45, 7) is 0.0417. The molecule has 1 fully saturated rings. The maximum Gasteiger partial charge on any atom is 0.325 e. The fourth-order valence-corrected chi connectivity index (χ4v) is 0.524. The average Bonchev–Trinajstić information content (AvgIpc) is 1.98. The Hall–Kier alpha value is -0.320. The van der Waals surface area contributed by atoms with E-state index in [9.17, 15) is 4.79 Å². The molecule has 1 aliphatic heterocycles. The van der Waals surface area contributed by atoms with Gasteiger partial charge in [0.25, 0.3) is 0 Å². The number of esters is 1. The number of aliphatic hydroxyl groups is 1. The van der Waals surface area contributed by atoms with E-state index in [-0.39, 0.29) is 19.0 Å². The number of halogens is 1. The maximum atomic E-state index is 10.3. The van der Waals surface area contributed by atoms with Crippen molar-refractivity contribution < 1.29 is 14.6 Å². The van der Waals surface area contributed by atoms with Gasteiger partial charge in [0.1, 0.15) is 18.8 Å². The molecule has 0 radical (unpaired) electrons. The van der Waals surface area contributed by atoms with Gasteiger partial charge in [0.2, 0.25) is 0 Å². The lowest BCUT2D eigenvalue weighted by atomic mass is 10.2. The normalized spacial score (nSPS) is 33.3. The largest absolute Gasteiger partial charge is 0.462 e. The summed E-state index contributed by atoms with van der Waals surface area (Å²) in [4.78, 5) is 10.3. The van der Waals surface area contributed by atoms with E-state index in [4.69, 9.17) is 10.8 Å². The third-order valence-corrected chi connectivity index (χ3v) is 1.08. The Labute approximate surface area is 58.4 Å². The van der Waals surface area contributed by atoms with Crippen LogP contribution < -0.4 is 5.73 Å². The molecule has 9 heavy (non-hydrogen) atoms. The van der Waals surface area contributed by atoms with Crippen LogP contribution in [-0.4, -0.2) is 29.8 Å². The van der Waals surface area contributed by atoms with Gasteiger partial charge in [-0.15, -0.1) is 12.4 Å². The highest BCUT2D eigenvalue weighted by Gasteiger charge is 2.31. The van der Waals surface area contributed by atoms with Crippen molar-refractivity contribution in [3.05, 3.63) is 0 Å². The minimum atomic E-state index is -0.824. The van der Waals surface area contributed by atoms with Gasteiger partial charge in [-0.2, -0.15) is 0 Å². The Morgan fingerprint density at radius 3 is 2.44 bits per heavy atom. The average molecular weight is 154 g/mol. The summed E-state index contributed by atoms with van der Waals surface area (Å²) < 4.78 is 4.36. The Morgan fingerprint density at radius 1 is 1.78 bits per heavy atom. The molecule has 54 valence electrons. The van der Waals surface area contributed by atoms with Crippen LogP contribution in [0.2, 0.25) is 0 Å². The standard InChI is InChI=1S/C4H7NO3.ClH/c5-3-2(6)1-8-4(3)7;/h2-3,6H,1,5H2;1H. The molecule has 0 bridgehead atoms. The van der Waals surface area contributed by atoms with Crippen LogP contribution in [0, 0.1) is 0 Å². The van der Waals surface area contributed by atoms with E-state index in [0.717, 1.165) is 0 Å². The van der Waals surface area contributed by atoms with Gasteiger partial charge in [-0.25, -0.2) is 0 Å². The van der Waals surface area contributed by atoms with Crippen LogP contribution in [0.1, 0.15) is 0 Å². The quantitative estimate of drug-likeness (QED) is 0.423. The van der Waals surface area contributed by atoms with Crippen LogP contribution in [0.3, 0.4) is 0 Å². The molecular formula is C4H8ClNO3. The molecule has 1 saturated heterocycles. The smallest absolute Gasteiger partial charge is 0.325 e. The van der Waals surface area contributed by atoms with Crippen molar-refractivity contribution in [3.63, 3.8) is 0 Å². The minimum absolute atomic E-state index is 0. The van der Waals surface area contributed by atoms with Gasteiger partial charge in [-0.1, -0.05) is 0 Å². The lowest BCUT2D eigenvalue weighted by molar-refractivity contribution is -0.139. The number of hydrogen-bond donors (Lipinski definition) is 2. The number of nitrogens with two attached hydrogens (primary N) is 1. The zero-order valence-electron chi connectivity index (χ0n) is 4.61. The van der Waals surface area contributed by atoms with E-state index in [1.165, 1.54) is 0 Å². The first kappa shape index (κ1) is 8.68. The second-order valence-electron chi connectivity index (χ2n) is 1.72. The molecule has 0 aromatic heterocycles. The zero-order valence-corrected chi connectivity index (χ0v) is 5.43. The highest BCUT2D eigenvalue weighted by atomic mass is 35.5.